The number of anilines is 1. The maximum atomic E-state index is 13.4. The van der Waals surface area contributed by atoms with E-state index >= 15 is 0 Å². The van der Waals surface area contributed by atoms with Gasteiger partial charge < -0.3 is 14.6 Å². The molecular weight excluding hydrogens is 472 g/mol. The molecule has 0 radical (unpaired) electrons. The fourth-order valence-corrected chi connectivity index (χ4v) is 4.07. The van der Waals surface area contributed by atoms with E-state index in [0.717, 1.165) is 21.2 Å². The summed E-state index contributed by atoms with van der Waals surface area (Å²) in [5.41, 5.74) is 1.16. The Morgan fingerprint density at radius 1 is 0.865 bits per heavy atom. The minimum atomic E-state index is -1.39. The molecule has 0 aromatic heterocycles. The van der Waals surface area contributed by atoms with E-state index in [0.29, 0.717) is 11.3 Å². The number of benzene rings is 4. The van der Waals surface area contributed by atoms with Crippen molar-refractivity contribution in [2.24, 2.45) is 0 Å². The largest absolute Gasteiger partial charge is 0.545 e. The fourth-order valence-electron chi connectivity index (χ4n) is 4.07. The molecule has 4 amide bonds. The number of ether oxygens (including phenoxy) is 1. The van der Waals surface area contributed by atoms with Crippen LogP contribution in [0.4, 0.5) is 10.5 Å². The molecule has 4 aromatic rings. The van der Waals surface area contributed by atoms with Crippen LogP contribution in [0.3, 0.4) is 0 Å². The van der Waals surface area contributed by atoms with E-state index in [4.69, 9.17) is 4.74 Å². The number of nitrogens with one attached hydrogen (secondary N) is 1. The van der Waals surface area contributed by atoms with Gasteiger partial charge in [0.1, 0.15) is 17.9 Å². The number of amides is 4. The molecule has 0 spiro atoms. The molecule has 8 nitrogen and oxygen atoms in total. The molecule has 1 aliphatic heterocycles. The Morgan fingerprint density at radius 3 is 2.30 bits per heavy atom. The summed E-state index contributed by atoms with van der Waals surface area (Å²) in [6.07, 6.45) is 1.41. The molecular formula is C29H19N2O6-. The van der Waals surface area contributed by atoms with Crippen LogP contribution in [-0.2, 0) is 16.2 Å². The van der Waals surface area contributed by atoms with Crippen LogP contribution in [0, 0.1) is 0 Å². The molecule has 0 bridgehead atoms. The van der Waals surface area contributed by atoms with Gasteiger partial charge >= 0.3 is 6.03 Å². The maximum Gasteiger partial charge on any atom is 0.335 e. The first-order valence-electron chi connectivity index (χ1n) is 11.3. The van der Waals surface area contributed by atoms with Gasteiger partial charge in [-0.3, -0.25) is 14.9 Å². The van der Waals surface area contributed by atoms with Gasteiger partial charge in [-0.2, -0.15) is 0 Å². The average Bonchev–Trinajstić information content (AvgIpc) is 2.91. The van der Waals surface area contributed by atoms with Crippen LogP contribution in [-0.4, -0.2) is 23.8 Å². The van der Waals surface area contributed by atoms with Crippen LogP contribution in [0.15, 0.2) is 96.6 Å². The third-order valence-electron chi connectivity index (χ3n) is 5.92. The SMILES string of the molecule is O=C1NC(=O)N(c2ccc(C(=O)[O-])cc2)C(=O)/C1=C/c1c(OCc2ccccc2)ccc2ccccc12. The zero-order valence-electron chi connectivity index (χ0n) is 19.3. The molecule has 0 unspecified atom stereocenters. The van der Waals surface area contributed by atoms with Gasteiger partial charge in [0.15, 0.2) is 0 Å². The Balaban J connectivity index is 1.56. The molecule has 4 aromatic carbocycles. The Labute approximate surface area is 211 Å². The van der Waals surface area contributed by atoms with E-state index in [1.165, 1.54) is 30.3 Å². The average molecular weight is 491 g/mol. The number of carbonyl (C=O) groups is 4. The van der Waals surface area contributed by atoms with Crippen molar-refractivity contribution in [3.05, 3.63) is 113 Å². The van der Waals surface area contributed by atoms with Gasteiger partial charge in [0.2, 0.25) is 0 Å². The van der Waals surface area contributed by atoms with Crippen LogP contribution < -0.4 is 20.1 Å². The number of barbiturate groups is 1. The summed E-state index contributed by atoms with van der Waals surface area (Å²) >= 11 is 0. The number of nitrogens with zero attached hydrogens (tertiary/aromatic N) is 1. The summed E-state index contributed by atoms with van der Waals surface area (Å²) in [5, 5.41) is 14.9. The molecule has 8 heteroatoms. The summed E-state index contributed by atoms with van der Waals surface area (Å²) < 4.78 is 6.08. The second kappa shape index (κ2) is 9.79. The number of hydrogen-bond acceptors (Lipinski definition) is 6. The van der Waals surface area contributed by atoms with Gasteiger partial charge in [0, 0.05) is 5.56 Å². The van der Waals surface area contributed by atoms with Crippen molar-refractivity contribution in [2.45, 2.75) is 6.61 Å². The van der Waals surface area contributed by atoms with Crippen molar-refractivity contribution in [3.63, 3.8) is 0 Å². The molecule has 0 atom stereocenters. The lowest BCUT2D eigenvalue weighted by molar-refractivity contribution is -0.255. The lowest BCUT2D eigenvalue weighted by Gasteiger charge is -2.26. The number of hydrogen-bond donors (Lipinski definition) is 1. The minimum Gasteiger partial charge on any atom is -0.545 e. The van der Waals surface area contributed by atoms with Gasteiger partial charge in [-0.1, -0.05) is 72.8 Å². The maximum absolute atomic E-state index is 13.4. The van der Waals surface area contributed by atoms with E-state index in [9.17, 15) is 24.3 Å². The molecule has 1 fully saturated rings. The third kappa shape index (κ3) is 4.68. The Hall–Kier alpha value is -5.24. The number of fused-ring (bicyclic) bond motifs is 1. The van der Waals surface area contributed by atoms with Crippen LogP contribution in [0.1, 0.15) is 21.5 Å². The van der Waals surface area contributed by atoms with Crippen molar-refractivity contribution in [2.75, 3.05) is 4.90 Å². The van der Waals surface area contributed by atoms with Crippen LogP contribution in [0.2, 0.25) is 0 Å². The summed E-state index contributed by atoms with van der Waals surface area (Å²) in [5.74, 6) is -2.63. The van der Waals surface area contributed by atoms with Crippen LogP contribution in [0.25, 0.3) is 16.8 Å². The summed E-state index contributed by atoms with van der Waals surface area (Å²) in [6, 6.07) is 24.7. The Kier molecular flexibility index (Phi) is 6.22. The lowest BCUT2D eigenvalue weighted by Crippen LogP contribution is -2.54. The van der Waals surface area contributed by atoms with Crippen molar-refractivity contribution in [3.8, 4) is 5.75 Å². The highest BCUT2D eigenvalue weighted by molar-refractivity contribution is 6.39. The molecule has 5 rings (SSSR count). The number of carboxylic acid groups (broad SMARTS) is 1. The van der Waals surface area contributed by atoms with E-state index < -0.39 is 23.8 Å². The second-order valence-corrected chi connectivity index (χ2v) is 8.26. The number of rotatable bonds is 6. The van der Waals surface area contributed by atoms with Gasteiger partial charge in [-0.05, 0) is 46.2 Å². The topological polar surface area (TPSA) is 116 Å². The summed E-state index contributed by atoms with van der Waals surface area (Å²) in [6.45, 7) is 0.269. The molecule has 0 saturated carbocycles. The molecule has 1 heterocycles. The van der Waals surface area contributed by atoms with Crippen molar-refractivity contribution in [1.82, 2.24) is 5.32 Å². The molecule has 1 saturated heterocycles. The zero-order valence-corrected chi connectivity index (χ0v) is 19.3. The zero-order chi connectivity index (χ0) is 25.9. The highest BCUT2D eigenvalue weighted by atomic mass is 16.5. The smallest absolute Gasteiger partial charge is 0.335 e. The minimum absolute atomic E-state index is 0.101. The predicted octanol–water partition coefficient (Wildman–Crippen LogP) is 3.45. The van der Waals surface area contributed by atoms with Gasteiger partial charge in [0.05, 0.1) is 11.7 Å². The highest BCUT2D eigenvalue weighted by Gasteiger charge is 2.37. The van der Waals surface area contributed by atoms with Gasteiger partial charge in [-0.25, -0.2) is 9.69 Å². The quantitative estimate of drug-likeness (QED) is 0.326. The standard InChI is InChI=1S/C29H20N2O6/c32-26-24(27(33)31(29(36)30-26)21-13-10-20(11-14-21)28(34)35)16-23-22-9-5-4-8-19(22)12-15-25(23)37-17-18-6-2-1-3-7-18/h1-16H,17H2,(H,34,35)(H,30,32,36)/p-1/b24-16+. The highest BCUT2D eigenvalue weighted by Crippen LogP contribution is 2.32. The van der Waals surface area contributed by atoms with Crippen LogP contribution >= 0.6 is 0 Å². The van der Waals surface area contributed by atoms with Gasteiger partial charge in [-0.15, -0.1) is 0 Å². The second-order valence-electron chi connectivity index (χ2n) is 8.26. The first-order chi connectivity index (χ1) is 17.9. The van der Waals surface area contributed by atoms with E-state index in [2.05, 4.69) is 5.32 Å². The molecule has 182 valence electrons. The number of aromatic carboxylic acids is 1. The van der Waals surface area contributed by atoms with E-state index in [1.54, 1.807) is 6.07 Å². The molecule has 1 aliphatic rings. The lowest BCUT2D eigenvalue weighted by atomic mass is 9.99. The van der Waals surface area contributed by atoms with Crippen LogP contribution in [0.5, 0.6) is 5.75 Å². The van der Waals surface area contributed by atoms with Crippen molar-refractivity contribution >= 4 is 46.4 Å². The van der Waals surface area contributed by atoms with Crippen molar-refractivity contribution < 1.29 is 29.0 Å². The first kappa shape index (κ1) is 23.5. The fraction of sp³-hybridized carbons (Fsp3) is 0.0345. The number of carbonyl (C=O) groups excluding carboxylic acids is 4. The number of carboxylic acids is 1. The molecule has 0 aliphatic carbocycles. The molecule has 37 heavy (non-hydrogen) atoms. The summed E-state index contributed by atoms with van der Waals surface area (Å²) in [4.78, 5) is 50.6. The number of urea groups is 1. The van der Waals surface area contributed by atoms with Crippen molar-refractivity contribution in [1.29, 1.82) is 0 Å². The Morgan fingerprint density at radius 2 is 1.57 bits per heavy atom. The number of imide groups is 2. The normalized spacial score (nSPS) is 14.6. The Bertz CT molecular complexity index is 1580. The van der Waals surface area contributed by atoms with Gasteiger partial charge in [0.25, 0.3) is 11.8 Å². The predicted molar refractivity (Wildman–Crippen MR) is 134 cm³/mol. The van der Waals surface area contributed by atoms with E-state index in [1.807, 2.05) is 60.7 Å². The summed E-state index contributed by atoms with van der Waals surface area (Å²) in [7, 11) is 0. The first-order valence-corrected chi connectivity index (χ1v) is 11.3. The monoisotopic (exact) mass is 491 g/mol. The molecule has 1 N–H and O–H groups in total. The van der Waals surface area contributed by atoms with E-state index in [-0.39, 0.29) is 23.4 Å². The third-order valence-corrected chi connectivity index (χ3v) is 5.92.